The Morgan fingerprint density at radius 3 is 2.35 bits per heavy atom. The molecule has 0 fully saturated rings. The van der Waals surface area contributed by atoms with Crippen molar-refractivity contribution in [3.05, 3.63) is 48.0 Å². The normalized spacial score (nSPS) is 8.82. The first-order valence-electron chi connectivity index (χ1n) is 3.85. The SMILES string of the molecule is O.O[n+]1ccccc1[S-].[S-][C-]=C/C=C\[CH]=[Ni].[Zn+2]. The van der Waals surface area contributed by atoms with E-state index < -0.39 is 0 Å². The van der Waals surface area contributed by atoms with Crippen molar-refractivity contribution < 1.29 is 49.9 Å². The first-order valence-corrected chi connectivity index (χ1v) is 5.24. The molecule has 0 amide bonds. The van der Waals surface area contributed by atoms with Crippen LogP contribution in [0.3, 0.4) is 0 Å². The van der Waals surface area contributed by atoms with Crippen LogP contribution >= 0.6 is 0 Å². The third-order valence-electron chi connectivity index (χ3n) is 1.14. The molecule has 1 aromatic rings. The van der Waals surface area contributed by atoms with E-state index in [4.69, 9.17) is 5.21 Å². The van der Waals surface area contributed by atoms with Crippen molar-refractivity contribution in [1.29, 1.82) is 0 Å². The van der Waals surface area contributed by atoms with Gasteiger partial charge in [0.25, 0.3) is 0 Å². The molecule has 0 aliphatic rings. The summed E-state index contributed by atoms with van der Waals surface area (Å²) in [5.74, 6) is 0. The van der Waals surface area contributed by atoms with Crippen molar-refractivity contribution in [2.75, 3.05) is 0 Å². The van der Waals surface area contributed by atoms with E-state index in [9.17, 15) is 0 Å². The van der Waals surface area contributed by atoms with Crippen LogP contribution in [0.4, 0.5) is 0 Å². The van der Waals surface area contributed by atoms with Crippen molar-refractivity contribution in [2.45, 2.75) is 5.03 Å². The summed E-state index contributed by atoms with van der Waals surface area (Å²) < 4.78 is 0.898. The molecule has 0 unspecified atom stereocenters. The quantitative estimate of drug-likeness (QED) is 0.201. The Bertz CT molecular complexity index is 341. The Hall–Kier alpha value is -0.183. The standard InChI is InChI=1S/C5H5NOS.C5H4S.Ni.H2O.Zn/c7-6-4-2-1-3-5(6)8;1-2-3-4-5-6;;;/h1-4,7H;1-4H;;1H2;/q;-2;;;+2/b;3-2-;;;. The van der Waals surface area contributed by atoms with E-state index in [1.807, 2.05) is 0 Å². The average molecular weight is 365 g/mol. The summed E-state index contributed by atoms with van der Waals surface area (Å²) in [5, 5.41) is 11.6. The summed E-state index contributed by atoms with van der Waals surface area (Å²) in [6, 6.07) is 5.13. The van der Waals surface area contributed by atoms with Crippen molar-refractivity contribution in [3.63, 3.8) is 0 Å². The Balaban J connectivity index is -0.000000208. The van der Waals surface area contributed by atoms with Crippen LogP contribution < -0.4 is 4.73 Å². The van der Waals surface area contributed by atoms with Crippen LogP contribution in [0.1, 0.15) is 0 Å². The number of hydrogen-bond donors (Lipinski definition) is 1. The number of pyridine rings is 1. The van der Waals surface area contributed by atoms with Crippen LogP contribution in [0.25, 0.3) is 0 Å². The molecular weight excluding hydrogens is 354 g/mol. The molecule has 0 aliphatic heterocycles. The van der Waals surface area contributed by atoms with Gasteiger partial charge in [0.15, 0.2) is 0 Å². The first kappa shape index (κ1) is 22.0. The second kappa shape index (κ2) is 15.8. The minimum atomic E-state index is 0. The van der Waals surface area contributed by atoms with E-state index in [0.717, 1.165) is 4.73 Å². The van der Waals surface area contributed by atoms with E-state index in [2.05, 4.69) is 45.7 Å². The molecule has 0 atom stereocenters. The van der Waals surface area contributed by atoms with Gasteiger partial charge in [0, 0.05) is 6.07 Å². The van der Waals surface area contributed by atoms with Crippen molar-refractivity contribution in [1.82, 2.24) is 0 Å². The van der Waals surface area contributed by atoms with Crippen LogP contribution in [-0.2, 0) is 59.8 Å². The Labute approximate surface area is 132 Å². The minimum Gasteiger partial charge on any atom is 2.00 e. The molecule has 1 aromatic heterocycles. The zero-order valence-electron chi connectivity index (χ0n) is 8.85. The van der Waals surface area contributed by atoms with Crippen LogP contribution in [0.5, 0.6) is 0 Å². The molecule has 0 spiro atoms. The summed E-state index contributed by atoms with van der Waals surface area (Å²) in [4.78, 5) is 1.56. The van der Waals surface area contributed by atoms with E-state index >= 15 is 0 Å². The van der Waals surface area contributed by atoms with Gasteiger partial charge in [0.1, 0.15) is 5.03 Å². The largest absolute Gasteiger partial charge is 2.00 e. The fourth-order valence-corrected chi connectivity index (χ4v) is 0.877. The van der Waals surface area contributed by atoms with Gasteiger partial charge in [-0.1, -0.05) is 6.07 Å². The van der Waals surface area contributed by atoms with E-state index in [-0.39, 0.29) is 25.0 Å². The van der Waals surface area contributed by atoms with Gasteiger partial charge in [-0.15, -0.1) is 0 Å². The summed E-state index contributed by atoms with van der Waals surface area (Å²) in [7, 11) is 0. The summed E-state index contributed by atoms with van der Waals surface area (Å²) >= 11 is 13.3. The smallest absolute Gasteiger partial charge is 2.00 e. The number of rotatable bonds is 2. The second-order valence-electron chi connectivity index (χ2n) is 2.16. The summed E-state index contributed by atoms with van der Waals surface area (Å²) in [6.07, 6.45) is 6.60. The zero-order chi connectivity index (χ0) is 11.5. The number of allylic oxidation sites excluding steroid dienone is 3. The Morgan fingerprint density at radius 2 is 2.00 bits per heavy atom. The van der Waals surface area contributed by atoms with Crippen molar-refractivity contribution in [3.8, 4) is 0 Å². The monoisotopic (exact) mass is 363 g/mol. The molecule has 7 heteroatoms. The van der Waals surface area contributed by atoms with Crippen LogP contribution in [0.2, 0.25) is 0 Å². The summed E-state index contributed by atoms with van der Waals surface area (Å²) in [6.45, 7) is 0. The van der Waals surface area contributed by atoms with Crippen LogP contribution in [0, 0.1) is 5.41 Å². The molecule has 92 valence electrons. The molecule has 0 aliphatic carbocycles. The van der Waals surface area contributed by atoms with Crippen LogP contribution in [0.15, 0.2) is 47.6 Å². The van der Waals surface area contributed by atoms with E-state index in [0.29, 0.717) is 5.03 Å². The fourth-order valence-electron chi connectivity index (χ4n) is 0.549. The number of nitrogens with zero attached hydrogens (tertiary/aromatic N) is 1. The number of hydrogen-bond acceptors (Lipinski definition) is 3. The van der Waals surface area contributed by atoms with E-state index in [1.54, 1.807) is 41.4 Å². The minimum absolute atomic E-state index is 0. The van der Waals surface area contributed by atoms with Gasteiger partial charge in [-0.25, -0.2) is 0 Å². The topological polar surface area (TPSA) is 55.6 Å². The van der Waals surface area contributed by atoms with Gasteiger partial charge in [-0.3, -0.25) is 5.21 Å². The van der Waals surface area contributed by atoms with Gasteiger partial charge < -0.3 is 18.1 Å². The Morgan fingerprint density at radius 1 is 1.35 bits per heavy atom. The maximum atomic E-state index is 8.73. The van der Waals surface area contributed by atoms with E-state index in [1.165, 1.54) is 6.20 Å². The van der Waals surface area contributed by atoms with Gasteiger partial charge in [-0.2, -0.15) is 0 Å². The molecule has 1 rings (SSSR count). The molecule has 0 saturated heterocycles. The molecule has 3 nitrogen and oxygen atoms in total. The van der Waals surface area contributed by atoms with Crippen molar-refractivity contribution in [2.24, 2.45) is 0 Å². The van der Waals surface area contributed by atoms with Gasteiger partial charge in [0.05, 0.1) is 0 Å². The van der Waals surface area contributed by atoms with Crippen LogP contribution in [-0.4, -0.2) is 15.7 Å². The van der Waals surface area contributed by atoms with Gasteiger partial charge in [-0.05, 0) is 10.8 Å². The third kappa shape index (κ3) is 13.8. The molecular formula is C10H11NNiO2S2Zn. The summed E-state index contributed by atoms with van der Waals surface area (Å²) in [5.41, 5.74) is 0. The molecule has 0 aromatic carbocycles. The van der Waals surface area contributed by atoms with Gasteiger partial charge >= 0.3 is 75.8 Å². The molecule has 1 heterocycles. The average Bonchev–Trinajstić information content (AvgIpc) is 2.24. The third-order valence-corrected chi connectivity index (χ3v) is 1.79. The predicted molar refractivity (Wildman–Crippen MR) is 63.4 cm³/mol. The Kier molecular flexibility index (Phi) is 20.5. The number of aromatic nitrogens is 1. The molecule has 17 heavy (non-hydrogen) atoms. The maximum absolute atomic E-state index is 8.73. The molecule has 0 radical (unpaired) electrons. The molecule has 3 N–H and O–H groups in total. The maximum Gasteiger partial charge on any atom is 2.00 e. The van der Waals surface area contributed by atoms with Crippen molar-refractivity contribution >= 4 is 30.3 Å². The molecule has 0 saturated carbocycles. The fraction of sp³-hybridized carbons (Fsp3) is 0. The predicted octanol–water partition coefficient (Wildman–Crippen LogP) is 0.0454. The zero-order valence-corrected chi connectivity index (χ0v) is 14.4. The molecule has 0 bridgehead atoms. The van der Waals surface area contributed by atoms with Gasteiger partial charge in [0.2, 0.25) is 6.20 Å². The first-order chi connectivity index (χ1) is 7.22. The second-order valence-corrected chi connectivity index (χ2v) is 3.14.